The van der Waals surface area contributed by atoms with Gasteiger partial charge in [-0.25, -0.2) is 4.39 Å². The van der Waals surface area contributed by atoms with Gasteiger partial charge < -0.3 is 10.6 Å². The number of thioether (sulfide) groups is 1. The average molecular weight is 240 g/mol. The highest BCUT2D eigenvalue weighted by Crippen LogP contribution is 2.37. The van der Waals surface area contributed by atoms with E-state index in [0.29, 0.717) is 0 Å². The molecule has 1 heterocycles. The summed E-state index contributed by atoms with van der Waals surface area (Å²) < 4.78 is 13.1. The molecule has 1 aliphatic rings. The summed E-state index contributed by atoms with van der Waals surface area (Å²) in [6, 6.07) is 4.57. The number of nitrogens with two attached hydrogens (primary N) is 1. The maximum Gasteiger partial charge on any atom is 0.241 e. The molecule has 0 aliphatic carbocycles. The molecule has 1 atom stereocenters. The van der Waals surface area contributed by atoms with Crippen LogP contribution in [0, 0.1) is 5.82 Å². The van der Waals surface area contributed by atoms with Crippen LogP contribution in [0.15, 0.2) is 23.1 Å². The summed E-state index contributed by atoms with van der Waals surface area (Å²) in [6.07, 6.45) is 0. The third-order valence-corrected chi connectivity index (χ3v) is 3.83. The van der Waals surface area contributed by atoms with E-state index in [9.17, 15) is 9.18 Å². The first-order valence-corrected chi connectivity index (χ1v) is 6.06. The fraction of sp³-hybridized carbons (Fsp3) is 0.364. The summed E-state index contributed by atoms with van der Waals surface area (Å²) in [6.45, 7) is 1.94. The van der Waals surface area contributed by atoms with Crippen molar-refractivity contribution in [2.45, 2.75) is 17.9 Å². The zero-order valence-corrected chi connectivity index (χ0v) is 9.76. The lowest BCUT2D eigenvalue weighted by Gasteiger charge is -2.34. The SMILES string of the molecule is CC1CSc2cc(F)ccc2N1C(=O)CN. The highest BCUT2D eigenvalue weighted by atomic mass is 32.2. The van der Waals surface area contributed by atoms with Gasteiger partial charge in [0.25, 0.3) is 0 Å². The first-order valence-electron chi connectivity index (χ1n) is 5.08. The van der Waals surface area contributed by atoms with Crippen molar-refractivity contribution in [3.05, 3.63) is 24.0 Å². The Hall–Kier alpha value is -1.07. The Bertz CT molecular complexity index is 424. The number of carbonyl (C=O) groups excluding carboxylic acids is 1. The first kappa shape index (κ1) is 11.4. The molecule has 1 aromatic carbocycles. The third kappa shape index (κ3) is 1.92. The quantitative estimate of drug-likeness (QED) is 0.811. The maximum atomic E-state index is 13.1. The van der Waals surface area contributed by atoms with E-state index >= 15 is 0 Å². The van der Waals surface area contributed by atoms with Crippen LogP contribution in [-0.4, -0.2) is 24.2 Å². The Morgan fingerprint density at radius 1 is 1.69 bits per heavy atom. The number of carbonyl (C=O) groups is 1. The summed E-state index contributed by atoms with van der Waals surface area (Å²) >= 11 is 1.57. The van der Waals surface area contributed by atoms with E-state index in [1.54, 1.807) is 22.7 Å². The monoisotopic (exact) mass is 240 g/mol. The second kappa shape index (κ2) is 4.43. The van der Waals surface area contributed by atoms with Crippen molar-refractivity contribution >= 4 is 23.4 Å². The standard InChI is InChI=1S/C11H13FN2OS/c1-7-6-16-10-4-8(12)2-3-9(10)14(7)11(15)5-13/h2-4,7H,5-6,13H2,1H3. The highest BCUT2D eigenvalue weighted by molar-refractivity contribution is 7.99. The van der Waals surface area contributed by atoms with E-state index < -0.39 is 0 Å². The fourth-order valence-corrected chi connectivity index (χ4v) is 2.88. The predicted molar refractivity (Wildman–Crippen MR) is 63.1 cm³/mol. The van der Waals surface area contributed by atoms with Crippen LogP contribution in [0.1, 0.15) is 6.92 Å². The maximum absolute atomic E-state index is 13.1. The van der Waals surface area contributed by atoms with Gasteiger partial charge in [-0.05, 0) is 25.1 Å². The second-order valence-electron chi connectivity index (χ2n) is 3.74. The molecule has 0 bridgehead atoms. The van der Waals surface area contributed by atoms with Gasteiger partial charge >= 0.3 is 0 Å². The molecule has 0 saturated heterocycles. The van der Waals surface area contributed by atoms with Gasteiger partial charge in [0, 0.05) is 16.7 Å². The lowest BCUT2D eigenvalue weighted by Crippen LogP contribution is -2.45. The number of fused-ring (bicyclic) bond motifs is 1. The molecule has 1 aliphatic heterocycles. The number of anilines is 1. The van der Waals surface area contributed by atoms with Gasteiger partial charge in [-0.2, -0.15) is 0 Å². The van der Waals surface area contributed by atoms with E-state index in [0.717, 1.165) is 16.3 Å². The molecular formula is C11H13FN2OS. The van der Waals surface area contributed by atoms with E-state index in [1.807, 2.05) is 6.92 Å². The number of hydrogen-bond donors (Lipinski definition) is 1. The minimum absolute atomic E-state index is 0.0220. The number of halogens is 1. The smallest absolute Gasteiger partial charge is 0.241 e. The summed E-state index contributed by atoms with van der Waals surface area (Å²) in [5.41, 5.74) is 6.14. The molecule has 16 heavy (non-hydrogen) atoms. The normalized spacial score (nSPS) is 19.4. The lowest BCUT2D eigenvalue weighted by molar-refractivity contribution is -0.117. The van der Waals surface area contributed by atoms with Crippen molar-refractivity contribution < 1.29 is 9.18 Å². The van der Waals surface area contributed by atoms with Crippen molar-refractivity contribution in [3.63, 3.8) is 0 Å². The summed E-state index contributed by atoms with van der Waals surface area (Å²) in [5.74, 6) is 0.365. The van der Waals surface area contributed by atoms with Crippen LogP contribution in [0.3, 0.4) is 0 Å². The molecule has 0 radical (unpaired) electrons. The van der Waals surface area contributed by atoms with Crippen molar-refractivity contribution in [3.8, 4) is 0 Å². The molecule has 0 fully saturated rings. The zero-order chi connectivity index (χ0) is 11.7. The average Bonchev–Trinajstić information content (AvgIpc) is 2.28. The molecule has 0 saturated carbocycles. The van der Waals surface area contributed by atoms with E-state index in [2.05, 4.69) is 0 Å². The molecule has 3 nitrogen and oxygen atoms in total. The van der Waals surface area contributed by atoms with Gasteiger partial charge in [-0.15, -0.1) is 11.8 Å². The van der Waals surface area contributed by atoms with Gasteiger partial charge in [0.05, 0.1) is 12.2 Å². The molecule has 1 aromatic rings. The topological polar surface area (TPSA) is 46.3 Å². The molecule has 1 amide bonds. The zero-order valence-electron chi connectivity index (χ0n) is 8.94. The lowest BCUT2D eigenvalue weighted by atomic mass is 10.2. The van der Waals surface area contributed by atoms with E-state index in [-0.39, 0.29) is 24.3 Å². The van der Waals surface area contributed by atoms with Crippen molar-refractivity contribution in [2.24, 2.45) is 5.73 Å². The molecule has 1 unspecified atom stereocenters. The molecule has 0 spiro atoms. The van der Waals surface area contributed by atoms with E-state index in [4.69, 9.17) is 5.73 Å². The number of benzene rings is 1. The second-order valence-corrected chi connectivity index (χ2v) is 4.80. The first-order chi connectivity index (χ1) is 7.63. The number of amides is 1. The fourth-order valence-electron chi connectivity index (χ4n) is 1.80. The third-order valence-electron chi connectivity index (χ3n) is 2.55. The Labute approximate surface area is 97.8 Å². The number of rotatable bonds is 1. The van der Waals surface area contributed by atoms with Gasteiger partial charge in [0.15, 0.2) is 0 Å². The highest BCUT2D eigenvalue weighted by Gasteiger charge is 2.27. The van der Waals surface area contributed by atoms with Crippen LogP contribution in [0.4, 0.5) is 10.1 Å². The largest absolute Gasteiger partial charge is 0.322 e. The van der Waals surface area contributed by atoms with Crippen LogP contribution in [0.5, 0.6) is 0 Å². The van der Waals surface area contributed by atoms with Crippen LogP contribution < -0.4 is 10.6 Å². The van der Waals surface area contributed by atoms with Gasteiger partial charge in [-0.3, -0.25) is 4.79 Å². The van der Waals surface area contributed by atoms with Gasteiger partial charge in [0.1, 0.15) is 5.82 Å². The van der Waals surface area contributed by atoms with Crippen LogP contribution in [0.2, 0.25) is 0 Å². The Kier molecular flexibility index (Phi) is 3.16. The molecule has 0 aromatic heterocycles. The number of hydrogen-bond acceptors (Lipinski definition) is 3. The van der Waals surface area contributed by atoms with Crippen molar-refractivity contribution in [1.82, 2.24) is 0 Å². The number of nitrogens with zero attached hydrogens (tertiary/aromatic N) is 1. The van der Waals surface area contributed by atoms with Crippen molar-refractivity contribution in [2.75, 3.05) is 17.2 Å². The van der Waals surface area contributed by atoms with E-state index in [1.165, 1.54) is 12.1 Å². The summed E-state index contributed by atoms with van der Waals surface area (Å²) in [4.78, 5) is 14.2. The Morgan fingerprint density at radius 3 is 3.12 bits per heavy atom. The van der Waals surface area contributed by atoms with Gasteiger partial charge in [-0.1, -0.05) is 0 Å². The van der Waals surface area contributed by atoms with Crippen LogP contribution in [-0.2, 0) is 4.79 Å². The van der Waals surface area contributed by atoms with Crippen molar-refractivity contribution in [1.29, 1.82) is 0 Å². The van der Waals surface area contributed by atoms with Crippen LogP contribution in [0.25, 0.3) is 0 Å². The predicted octanol–water partition coefficient (Wildman–Crippen LogP) is 1.61. The molecule has 86 valence electrons. The molecular weight excluding hydrogens is 227 g/mol. The minimum atomic E-state index is -0.277. The summed E-state index contributed by atoms with van der Waals surface area (Å²) in [5, 5.41) is 0. The Morgan fingerprint density at radius 2 is 2.44 bits per heavy atom. The molecule has 2 N–H and O–H groups in total. The van der Waals surface area contributed by atoms with Crippen LogP contribution >= 0.6 is 11.8 Å². The Balaban J connectivity index is 2.44. The molecule has 5 heteroatoms. The van der Waals surface area contributed by atoms with Gasteiger partial charge in [0.2, 0.25) is 5.91 Å². The minimum Gasteiger partial charge on any atom is -0.322 e. The summed E-state index contributed by atoms with van der Waals surface area (Å²) in [7, 11) is 0. The molecule has 2 rings (SSSR count).